The van der Waals surface area contributed by atoms with E-state index in [1.54, 1.807) is 23.6 Å². The van der Waals surface area contributed by atoms with Crippen LogP contribution < -0.4 is 5.32 Å². The number of rotatable bonds is 5. The Bertz CT molecular complexity index is 1060. The molecule has 134 valence electrons. The number of nitrogens with zero attached hydrogens (tertiary/aromatic N) is 3. The highest BCUT2D eigenvalue weighted by molar-refractivity contribution is 9.10. The number of halogens is 1. The van der Waals surface area contributed by atoms with Crippen LogP contribution in [0.3, 0.4) is 0 Å². The van der Waals surface area contributed by atoms with Crippen molar-refractivity contribution in [1.82, 2.24) is 15.2 Å². The van der Waals surface area contributed by atoms with Crippen LogP contribution in [0.1, 0.15) is 10.4 Å². The molecular formula is C18H11BrN4OS3. The maximum atomic E-state index is 12.8. The minimum Gasteiger partial charge on any atom is -0.296 e. The lowest BCUT2D eigenvalue weighted by Crippen LogP contribution is -2.12. The zero-order valence-corrected chi connectivity index (χ0v) is 17.7. The van der Waals surface area contributed by atoms with Gasteiger partial charge in [0.15, 0.2) is 0 Å². The largest absolute Gasteiger partial charge is 0.296 e. The summed E-state index contributed by atoms with van der Waals surface area (Å²) >= 11 is 7.77. The smallest absolute Gasteiger partial charge is 0.258 e. The van der Waals surface area contributed by atoms with E-state index in [4.69, 9.17) is 0 Å². The second-order valence-electron chi connectivity index (χ2n) is 5.29. The van der Waals surface area contributed by atoms with Gasteiger partial charge >= 0.3 is 0 Å². The second kappa shape index (κ2) is 8.30. The summed E-state index contributed by atoms with van der Waals surface area (Å²) < 4.78 is 0.913. The Kier molecular flexibility index (Phi) is 5.63. The molecule has 4 rings (SSSR count). The van der Waals surface area contributed by atoms with Gasteiger partial charge in [-0.05, 0) is 51.6 Å². The third-order valence-corrected chi connectivity index (χ3v) is 6.53. The summed E-state index contributed by atoms with van der Waals surface area (Å²) in [6, 6.07) is 13.2. The molecule has 0 saturated carbocycles. The first-order valence-electron chi connectivity index (χ1n) is 7.75. The highest BCUT2D eigenvalue weighted by atomic mass is 79.9. The van der Waals surface area contributed by atoms with Gasteiger partial charge in [-0.3, -0.25) is 10.1 Å². The standard InChI is InChI=1S/C18H11BrN4OS3/c19-12-5-6-15(20-9-12)26-14-4-2-1-3-13(14)16(24)21-18-23-22-17(27-18)11-7-8-25-10-11/h1-10H,(H,21,23,24). The molecule has 4 aromatic rings. The lowest BCUT2D eigenvalue weighted by atomic mass is 10.2. The Labute approximate surface area is 176 Å². The quantitative estimate of drug-likeness (QED) is 0.394. The van der Waals surface area contributed by atoms with E-state index < -0.39 is 0 Å². The molecule has 3 heterocycles. The monoisotopic (exact) mass is 474 g/mol. The Morgan fingerprint density at radius 1 is 1.11 bits per heavy atom. The van der Waals surface area contributed by atoms with E-state index in [9.17, 15) is 4.79 Å². The lowest BCUT2D eigenvalue weighted by molar-refractivity contribution is 0.102. The van der Waals surface area contributed by atoms with E-state index in [2.05, 4.69) is 36.4 Å². The number of nitrogens with one attached hydrogen (secondary N) is 1. The molecule has 1 aromatic carbocycles. The second-order valence-corrected chi connectivity index (χ2v) is 9.03. The predicted octanol–water partition coefficient (Wildman–Crippen LogP) is 5.83. The molecule has 0 atom stereocenters. The molecule has 3 aromatic heterocycles. The van der Waals surface area contributed by atoms with Crippen molar-refractivity contribution in [3.63, 3.8) is 0 Å². The zero-order valence-electron chi connectivity index (χ0n) is 13.6. The summed E-state index contributed by atoms with van der Waals surface area (Å²) in [5.74, 6) is -0.219. The highest BCUT2D eigenvalue weighted by Crippen LogP contribution is 2.31. The fraction of sp³-hybridized carbons (Fsp3) is 0. The average Bonchev–Trinajstić information content (AvgIpc) is 3.36. The topological polar surface area (TPSA) is 67.8 Å². The number of aromatic nitrogens is 3. The Morgan fingerprint density at radius 2 is 2.00 bits per heavy atom. The summed E-state index contributed by atoms with van der Waals surface area (Å²) in [5.41, 5.74) is 1.58. The van der Waals surface area contributed by atoms with Gasteiger partial charge in [-0.2, -0.15) is 11.3 Å². The van der Waals surface area contributed by atoms with Gasteiger partial charge in [-0.25, -0.2) is 4.98 Å². The minimum absolute atomic E-state index is 0.219. The van der Waals surface area contributed by atoms with Gasteiger partial charge < -0.3 is 0 Å². The molecule has 0 fully saturated rings. The molecule has 0 radical (unpaired) electrons. The van der Waals surface area contributed by atoms with Gasteiger partial charge in [0, 0.05) is 26.5 Å². The first-order chi connectivity index (χ1) is 13.2. The maximum absolute atomic E-state index is 12.8. The van der Waals surface area contributed by atoms with E-state index in [0.29, 0.717) is 10.7 Å². The van der Waals surface area contributed by atoms with Crippen LogP contribution in [0.15, 0.2) is 73.8 Å². The van der Waals surface area contributed by atoms with E-state index >= 15 is 0 Å². The van der Waals surface area contributed by atoms with Gasteiger partial charge in [0.1, 0.15) is 10.0 Å². The van der Waals surface area contributed by atoms with Crippen molar-refractivity contribution in [2.75, 3.05) is 5.32 Å². The molecule has 0 aliphatic heterocycles. The summed E-state index contributed by atoms with van der Waals surface area (Å²) in [7, 11) is 0. The van der Waals surface area contributed by atoms with E-state index in [-0.39, 0.29) is 5.91 Å². The highest BCUT2D eigenvalue weighted by Gasteiger charge is 2.15. The molecule has 1 N–H and O–H groups in total. The number of amides is 1. The van der Waals surface area contributed by atoms with E-state index in [1.165, 1.54) is 23.1 Å². The van der Waals surface area contributed by atoms with E-state index in [0.717, 1.165) is 25.0 Å². The minimum atomic E-state index is -0.219. The number of anilines is 1. The maximum Gasteiger partial charge on any atom is 0.258 e. The van der Waals surface area contributed by atoms with Crippen molar-refractivity contribution in [3.05, 3.63) is 69.5 Å². The molecule has 0 saturated heterocycles. The van der Waals surface area contributed by atoms with Gasteiger partial charge in [-0.1, -0.05) is 35.2 Å². The Morgan fingerprint density at radius 3 is 2.78 bits per heavy atom. The summed E-state index contributed by atoms with van der Waals surface area (Å²) in [6.07, 6.45) is 1.73. The third kappa shape index (κ3) is 4.44. The van der Waals surface area contributed by atoms with Crippen LogP contribution in [0.25, 0.3) is 10.6 Å². The molecule has 0 bridgehead atoms. The van der Waals surface area contributed by atoms with Crippen molar-refractivity contribution < 1.29 is 4.79 Å². The summed E-state index contributed by atoms with van der Waals surface area (Å²) in [6.45, 7) is 0. The fourth-order valence-electron chi connectivity index (χ4n) is 2.22. The van der Waals surface area contributed by atoms with Gasteiger partial charge in [-0.15, -0.1) is 10.2 Å². The number of pyridine rings is 1. The van der Waals surface area contributed by atoms with Crippen LogP contribution in [0, 0.1) is 0 Å². The van der Waals surface area contributed by atoms with Crippen LogP contribution in [0.4, 0.5) is 5.13 Å². The summed E-state index contributed by atoms with van der Waals surface area (Å²) in [4.78, 5) is 17.9. The lowest BCUT2D eigenvalue weighted by Gasteiger charge is -2.08. The molecule has 0 spiro atoms. The first-order valence-corrected chi connectivity index (χ1v) is 11.1. The van der Waals surface area contributed by atoms with Gasteiger partial charge in [0.2, 0.25) is 5.13 Å². The fourth-order valence-corrected chi connectivity index (χ4v) is 4.79. The molecule has 0 aliphatic rings. The van der Waals surface area contributed by atoms with Crippen molar-refractivity contribution in [2.24, 2.45) is 0 Å². The van der Waals surface area contributed by atoms with E-state index in [1.807, 2.05) is 47.2 Å². The SMILES string of the molecule is O=C(Nc1nnc(-c2ccsc2)s1)c1ccccc1Sc1ccc(Br)cn1. The number of thiophene rings is 1. The van der Waals surface area contributed by atoms with Crippen molar-refractivity contribution >= 4 is 61.4 Å². The van der Waals surface area contributed by atoms with Crippen LogP contribution in [0.2, 0.25) is 0 Å². The molecule has 0 unspecified atom stereocenters. The molecule has 5 nitrogen and oxygen atoms in total. The number of carbonyl (C=O) groups is 1. The predicted molar refractivity (Wildman–Crippen MR) is 114 cm³/mol. The normalized spacial score (nSPS) is 10.7. The number of hydrogen-bond donors (Lipinski definition) is 1. The molecule has 9 heteroatoms. The van der Waals surface area contributed by atoms with Crippen LogP contribution in [-0.4, -0.2) is 21.1 Å². The third-order valence-electron chi connectivity index (χ3n) is 3.46. The van der Waals surface area contributed by atoms with Crippen molar-refractivity contribution in [1.29, 1.82) is 0 Å². The van der Waals surface area contributed by atoms with Crippen LogP contribution in [-0.2, 0) is 0 Å². The van der Waals surface area contributed by atoms with Gasteiger partial charge in [0.25, 0.3) is 5.91 Å². The molecule has 0 aliphatic carbocycles. The first kappa shape index (κ1) is 18.3. The summed E-state index contributed by atoms with van der Waals surface area (Å²) in [5, 5.41) is 17.1. The Hall–Kier alpha value is -2.07. The van der Waals surface area contributed by atoms with Crippen LogP contribution in [0.5, 0.6) is 0 Å². The average molecular weight is 475 g/mol. The number of carbonyl (C=O) groups excluding carboxylic acids is 1. The number of hydrogen-bond acceptors (Lipinski definition) is 7. The molecule has 27 heavy (non-hydrogen) atoms. The van der Waals surface area contributed by atoms with Gasteiger partial charge in [0.05, 0.1) is 5.56 Å². The Balaban J connectivity index is 1.53. The molecular weight excluding hydrogens is 464 g/mol. The van der Waals surface area contributed by atoms with Crippen molar-refractivity contribution in [3.8, 4) is 10.6 Å². The van der Waals surface area contributed by atoms with Crippen molar-refractivity contribution in [2.45, 2.75) is 9.92 Å². The van der Waals surface area contributed by atoms with Crippen LogP contribution >= 0.6 is 50.4 Å². The zero-order chi connectivity index (χ0) is 18.6. The number of benzene rings is 1. The molecule has 1 amide bonds.